The smallest absolute Gasteiger partial charge is 0.239 e. The number of carbonyl (C=O) groups excluding carboxylic acids is 1. The number of amides is 1. The maximum absolute atomic E-state index is 14.9. The van der Waals surface area contributed by atoms with E-state index in [1.54, 1.807) is 11.0 Å². The van der Waals surface area contributed by atoms with Crippen molar-refractivity contribution >= 4 is 11.6 Å². The number of aromatic nitrogens is 4. The summed E-state index contributed by atoms with van der Waals surface area (Å²) in [4.78, 5) is 13.4. The van der Waals surface area contributed by atoms with Crippen LogP contribution in [0, 0.1) is 11.2 Å². The van der Waals surface area contributed by atoms with Gasteiger partial charge in [0.15, 0.2) is 5.82 Å². The molecule has 1 aromatic heterocycles. The van der Waals surface area contributed by atoms with E-state index in [2.05, 4.69) is 67.4 Å². The molecule has 0 saturated carbocycles. The minimum absolute atomic E-state index is 0.0158. The van der Waals surface area contributed by atoms with Gasteiger partial charge < -0.3 is 15.5 Å². The molecule has 1 saturated heterocycles. The van der Waals surface area contributed by atoms with Crippen LogP contribution in [-0.4, -0.2) is 45.7 Å². The van der Waals surface area contributed by atoms with E-state index in [1.165, 1.54) is 6.07 Å². The van der Waals surface area contributed by atoms with Crippen LogP contribution in [0.3, 0.4) is 0 Å². The Bertz CT molecular complexity index is 979. The van der Waals surface area contributed by atoms with Gasteiger partial charge in [-0.3, -0.25) is 4.79 Å². The van der Waals surface area contributed by atoms with Crippen LogP contribution >= 0.6 is 0 Å². The molecule has 2 N–H and O–H groups in total. The molecule has 1 aliphatic heterocycles. The fourth-order valence-corrected chi connectivity index (χ4v) is 4.17. The first kappa shape index (κ1) is 24.8. The summed E-state index contributed by atoms with van der Waals surface area (Å²) in [6.07, 6.45) is 3.58. The van der Waals surface area contributed by atoms with E-state index in [0.717, 1.165) is 24.2 Å². The van der Waals surface area contributed by atoms with E-state index in [0.29, 0.717) is 25.3 Å². The van der Waals surface area contributed by atoms with Gasteiger partial charge in [0.05, 0.1) is 23.8 Å². The molecule has 1 fully saturated rings. The maximum atomic E-state index is 14.9. The summed E-state index contributed by atoms with van der Waals surface area (Å²) in [5.41, 5.74) is 0.987. The Morgan fingerprint density at radius 1 is 1.30 bits per heavy atom. The van der Waals surface area contributed by atoms with Gasteiger partial charge in [-0.15, -0.1) is 11.7 Å². The van der Waals surface area contributed by atoms with Crippen LogP contribution in [0.15, 0.2) is 30.9 Å². The lowest BCUT2D eigenvalue weighted by atomic mass is 9.82. The summed E-state index contributed by atoms with van der Waals surface area (Å²) >= 11 is 0. The molecule has 33 heavy (non-hydrogen) atoms. The molecule has 180 valence electrons. The Kier molecular flexibility index (Phi) is 7.51. The number of nitrogens with zero attached hydrogens (tertiary/aromatic N) is 5. The monoisotopic (exact) mass is 457 g/mol. The van der Waals surface area contributed by atoms with E-state index in [4.69, 9.17) is 0 Å². The standard InChI is InChI=1S/C24H36FN7O/c1-7-10-24(5,6)14-19(22-28-29-30-32(22)23(2,3)4)27-15-17-8-9-20(18(25)13-17)31-12-11-26-21(33)16-31/h7-9,13,19,27H,1,10-12,14-16H2,2-6H3,(H,26,33). The molecule has 1 atom stereocenters. The largest absolute Gasteiger partial charge is 0.358 e. The van der Waals surface area contributed by atoms with Gasteiger partial charge in [-0.2, -0.15) is 0 Å². The molecular formula is C24H36FN7O. The molecule has 1 amide bonds. The highest BCUT2D eigenvalue weighted by Gasteiger charge is 2.30. The zero-order valence-corrected chi connectivity index (χ0v) is 20.4. The number of carbonyl (C=O) groups is 1. The molecule has 3 rings (SSSR count). The zero-order valence-electron chi connectivity index (χ0n) is 20.4. The van der Waals surface area contributed by atoms with Crippen molar-refractivity contribution < 1.29 is 9.18 Å². The topological polar surface area (TPSA) is 88.0 Å². The van der Waals surface area contributed by atoms with Crippen LogP contribution in [0.2, 0.25) is 0 Å². The second-order valence-corrected chi connectivity index (χ2v) is 10.5. The molecule has 1 aromatic carbocycles. The number of hydrogen-bond acceptors (Lipinski definition) is 6. The van der Waals surface area contributed by atoms with Crippen molar-refractivity contribution in [3.63, 3.8) is 0 Å². The third kappa shape index (κ3) is 6.37. The lowest BCUT2D eigenvalue weighted by Gasteiger charge is -2.31. The summed E-state index contributed by atoms with van der Waals surface area (Å²) < 4.78 is 16.7. The van der Waals surface area contributed by atoms with E-state index in [9.17, 15) is 9.18 Å². The highest BCUT2D eigenvalue weighted by molar-refractivity contribution is 5.82. The number of halogens is 1. The zero-order chi connectivity index (χ0) is 24.2. The minimum Gasteiger partial charge on any atom is -0.358 e. The summed E-state index contributed by atoms with van der Waals surface area (Å²) in [7, 11) is 0. The van der Waals surface area contributed by atoms with Crippen molar-refractivity contribution in [2.75, 3.05) is 24.5 Å². The summed E-state index contributed by atoms with van der Waals surface area (Å²) in [6.45, 7) is 16.2. The predicted octanol–water partition coefficient (Wildman–Crippen LogP) is 3.33. The van der Waals surface area contributed by atoms with Crippen LogP contribution < -0.4 is 15.5 Å². The Labute approximate surface area is 195 Å². The van der Waals surface area contributed by atoms with Crippen molar-refractivity contribution in [3.8, 4) is 0 Å². The fourth-order valence-electron chi connectivity index (χ4n) is 4.17. The van der Waals surface area contributed by atoms with Crippen LogP contribution in [0.1, 0.15) is 64.9 Å². The molecule has 0 radical (unpaired) electrons. The molecule has 0 spiro atoms. The van der Waals surface area contributed by atoms with Crippen molar-refractivity contribution in [2.45, 2.75) is 65.6 Å². The van der Waals surface area contributed by atoms with Crippen LogP contribution in [0.4, 0.5) is 10.1 Å². The third-order valence-electron chi connectivity index (χ3n) is 5.84. The maximum Gasteiger partial charge on any atom is 0.239 e. The number of tetrazole rings is 1. The first-order chi connectivity index (χ1) is 15.5. The van der Waals surface area contributed by atoms with Gasteiger partial charge in [0.1, 0.15) is 5.82 Å². The van der Waals surface area contributed by atoms with Gasteiger partial charge in [0.2, 0.25) is 5.91 Å². The highest BCUT2D eigenvalue weighted by atomic mass is 19.1. The van der Waals surface area contributed by atoms with Gasteiger partial charge in [0.25, 0.3) is 0 Å². The van der Waals surface area contributed by atoms with Crippen molar-refractivity contribution in [1.29, 1.82) is 0 Å². The second-order valence-electron chi connectivity index (χ2n) is 10.5. The molecule has 0 aliphatic carbocycles. The Morgan fingerprint density at radius 3 is 2.70 bits per heavy atom. The number of hydrogen-bond donors (Lipinski definition) is 2. The Balaban J connectivity index is 1.79. The molecule has 1 unspecified atom stereocenters. The van der Waals surface area contributed by atoms with E-state index in [1.807, 2.05) is 16.8 Å². The van der Waals surface area contributed by atoms with Crippen molar-refractivity contribution in [2.24, 2.45) is 5.41 Å². The average molecular weight is 458 g/mol. The van der Waals surface area contributed by atoms with Crippen LogP contribution in [0.5, 0.6) is 0 Å². The second kappa shape index (κ2) is 9.99. The lowest BCUT2D eigenvalue weighted by Crippen LogP contribution is -2.48. The SMILES string of the molecule is C=CCC(C)(C)CC(NCc1ccc(N2CCNC(=O)C2)c(F)c1)c1nnnn1C(C)(C)C. The Hall–Kier alpha value is -2.81. The highest BCUT2D eigenvalue weighted by Crippen LogP contribution is 2.34. The number of benzene rings is 1. The van der Waals surface area contributed by atoms with Gasteiger partial charge >= 0.3 is 0 Å². The lowest BCUT2D eigenvalue weighted by molar-refractivity contribution is -0.120. The van der Waals surface area contributed by atoms with Crippen molar-refractivity contribution in [3.05, 3.63) is 48.1 Å². The normalized spacial score (nSPS) is 15.9. The van der Waals surface area contributed by atoms with Crippen molar-refractivity contribution in [1.82, 2.24) is 30.8 Å². The van der Waals surface area contributed by atoms with E-state index < -0.39 is 0 Å². The van der Waals surface area contributed by atoms with Crippen LogP contribution in [-0.2, 0) is 16.9 Å². The number of rotatable bonds is 9. The molecule has 9 heteroatoms. The first-order valence-corrected chi connectivity index (χ1v) is 11.4. The third-order valence-corrected chi connectivity index (χ3v) is 5.84. The van der Waals surface area contributed by atoms with Gasteiger partial charge in [-0.1, -0.05) is 26.0 Å². The summed E-state index contributed by atoms with van der Waals surface area (Å²) in [5, 5.41) is 18.8. The molecule has 2 aromatic rings. The van der Waals surface area contributed by atoms with Gasteiger partial charge in [0, 0.05) is 19.6 Å². The van der Waals surface area contributed by atoms with E-state index in [-0.39, 0.29) is 35.3 Å². The number of anilines is 1. The van der Waals surface area contributed by atoms with E-state index >= 15 is 0 Å². The molecule has 2 heterocycles. The van der Waals surface area contributed by atoms with Gasteiger partial charge in [-0.05, 0) is 67.2 Å². The molecule has 0 bridgehead atoms. The first-order valence-electron chi connectivity index (χ1n) is 11.4. The average Bonchev–Trinajstić information content (AvgIpc) is 3.21. The number of nitrogens with one attached hydrogen (secondary N) is 2. The molecule has 1 aliphatic rings. The summed E-state index contributed by atoms with van der Waals surface area (Å²) in [5.74, 6) is 0.344. The fraction of sp³-hybridized carbons (Fsp3) is 0.583. The molecular weight excluding hydrogens is 421 g/mol. The minimum atomic E-state index is -0.327. The predicted molar refractivity (Wildman–Crippen MR) is 127 cm³/mol. The molecule has 8 nitrogen and oxygen atoms in total. The van der Waals surface area contributed by atoms with Gasteiger partial charge in [-0.25, -0.2) is 9.07 Å². The Morgan fingerprint density at radius 2 is 2.06 bits per heavy atom. The van der Waals surface area contributed by atoms with Crippen LogP contribution in [0.25, 0.3) is 0 Å². The quantitative estimate of drug-likeness (QED) is 0.562. The number of piperazine rings is 1. The number of allylic oxidation sites excluding steroid dienone is 1. The summed E-state index contributed by atoms with van der Waals surface area (Å²) in [6, 6.07) is 5.06.